The van der Waals surface area contributed by atoms with Crippen molar-refractivity contribution in [3.8, 4) is 0 Å². The molecule has 0 nitrogen and oxygen atoms in total. The number of hydrogen-bond donors (Lipinski definition) is 0. The van der Waals surface area contributed by atoms with E-state index in [1.54, 1.807) is 6.04 Å². The summed E-state index contributed by atoms with van der Waals surface area (Å²) >= 11 is 0. The third kappa shape index (κ3) is 0.989. The van der Waals surface area contributed by atoms with Crippen molar-refractivity contribution in [1.29, 1.82) is 0 Å². The third-order valence-electron chi connectivity index (χ3n) is 2.12. The van der Waals surface area contributed by atoms with E-state index in [0.717, 1.165) is 9.04 Å². The molecule has 1 aliphatic heterocycles. The zero-order chi connectivity index (χ0) is 6.15. The van der Waals surface area contributed by atoms with E-state index in [1.807, 2.05) is 0 Å². The second-order valence-corrected chi connectivity index (χ2v) is 16.8. The van der Waals surface area contributed by atoms with Gasteiger partial charge in [0, 0.05) is 25.2 Å². The van der Waals surface area contributed by atoms with E-state index in [0.29, 0.717) is 7.83 Å². The van der Waals surface area contributed by atoms with Crippen molar-refractivity contribution < 1.29 is 0 Å². The number of rotatable bonds is 1. The summed E-state index contributed by atoms with van der Waals surface area (Å²) in [7, 11) is 1.56. The lowest BCUT2D eigenvalue weighted by Crippen LogP contribution is -2.51. The molecule has 0 aromatic heterocycles. The van der Waals surface area contributed by atoms with Crippen molar-refractivity contribution in [2.75, 3.05) is 0 Å². The molecular formula is C5H13Si3. The first-order valence-corrected chi connectivity index (χ1v) is 11.0. The van der Waals surface area contributed by atoms with Crippen molar-refractivity contribution in [2.45, 2.75) is 31.6 Å². The molecule has 0 aliphatic carbocycles. The van der Waals surface area contributed by atoms with Gasteiger partial charge in [0.1, 0.15) is 0 Å². The van der Waals surface area contributed by atoms with Gasteiger partial charge in [-0.05, 0) is 0 Å². The van der Waals surface area contributed by atoms with Gasteiger partial charge in [-0.2, -0.15) is 0 Å². The van der Waals surface area contributed by atoms with E-state index < -0.39 is 0 Å². The smallest absolute Gasteiger partial charge is 0.0336 e. The monoisotopic (exact) mass is 157 g/mol. The maximum absolute atomic E-state index is 2.55. The Labute approximate surface area is 57.3 Å². The first-order chi connectivity index (χ1) is 3.75. The maximum atomic E-state index is 2.55. The van der Waals surface area contributed by atoms with E-state index in [1.165, 1.54) is 5.54 Å². The van der Waals surface area contributed by atoms with E-state index in [2.05, 4.69) is 20.0 Å². The van der Waals surface area contributed by atoms with E-state index in [9.17, 15) is 0 Å². The van der Waals surface area contributed by atoms with Crippen LogP contribution in [0.1, 0.15) is 6.92 Å². The van der Waals surface area contributed by atoms with Crippen LogP contribution in [0.4, 0.5) is 0 Å². The summed E-state index contributed by atoms with van der Waals surface area (Å²) in [4.78, 5) is 0. The summed E-state index contributed by atoms with van der Waals surface area (Å²) in [5, 5.41) is 0. The summed E-state index contributed by atoms with van der Waals surface area (Å²) in [6.45, 7) is 7.44. The highest BCUT2D eigenvalue weighted by Crippen LogP contribution is 2.30. The molecule has 1 aliphatic rings. The van der Waals surface area contributed by atoms with Crippen LogP contribution in [0.2, 0.25) is 24.7 Å². The standard InChI is InChI=1S/C5H13Si3/c1-5-4-8(6-2)7(5)3/h5-6H,4H2,1-3H3. The fourth-order valence-corrected chi connectivity index (χ4v) is 18.3. The molecule has 0 aromatic carbocycles. The fraction of sp³-hybridized carbons (Fsp3) is 1.00. The van der Waals surface area contributed by atoms with Gasteiger partial charge in [0.2, 0.25) is 0 Å². The van der Waals surface area contributed by atoms with Gasteiger partial charge in [0.05, 0.1) is 0 Å². The summed E-state index contributed by atoms with van der Waals surface area (Å²) < 4.78 is 0. The summed E-state index contributed by atoms with van der Waals surface area (Å²) in [5.74, 6) is 0. The Hall–Kier alpha value is 0.651. The molecule has 3 radical (unpaired) electrons. The van der Waals surface area contributed by atoms with Crippen molar-refractivity contribution >= 4 is 25.2 Å². The minimum absolute atomic E-state index is 0.279. The molecule has 1 saturated heterocycles. The predicted octanol–water partition coefficient (Wildman–Crippen LogP) is 1.07. The van der Waals surface area contributed by atoms with Gasteiger partial charge in [0.15, 0.2) is 0 Å². The Balaban J connectivity index is 2.25. The minimum Gasteiger partial charge on any atom is -0.0765 e. The van der Waals surface area contributed by atoms with E-state index in [4.69, 9.17) is 0 Å². The Morgan fingerprint density at radius 1 is 1.62 bits per heavy atom. The van der Waals surface area contributed by atoms with Gasteiger partial charge >= 0.3 is 0 Å². The zero-order valence-corrected chi connectivity index (χ0v) is 9.02. The van der Waals surface area contributed by atoms with Gasteiger partial charge in [-0.1, -0.05) is 31.6 Å². The van der Waals surface area contributed by atoms with Gasteiger partial charge < -0.3 is 0 Å². The van der Waals surface area contributed by atoms with Crippen LogP contribution >= 0.6 is 0 Å². The Morgan fingerprint density at radius 2 is 2.25 bits per heavy atom. The third-order valence-corrected chi connectivity index (χ3v) is 21.6. The molecule has 0 bridgehead atoms. The van der Waals surface area contributed by atoms with Gasteiger partial charge in [-0.25, -0.2) is 0 Å². The molecule has 0 N–H and O–H groups in total. The summed E-state index contributed by atoms with van der Waals surface area (Å²) in [6.07, 6.45) is 0. The van der Waals surface area contributed by atoms with Crippen molar-refractivity contribution in [3.05, 3.63) is 0 Å². The average Bonchev–Trinajstić information content (AvgIpc) is 1.81. The van der Waals surface area contributed by atoms with Crippen LogP contribution in [0.5, 0.6) is 0 Å². The van der Waals surface area contributed by atoms with Gasteiger partial charge in [0.25, 0.3) is 0 Å². The summed E-state index contributed by atoms with van der Waals surface area (Å²) in [5.41, 5.74) is 1.18. The molecule has 0 spiro atoms. The van der Waals surface area contributed by atoms with Gasteiger partial charge in [-0.3, -0.25) is 0 Å². The Bertz CT molecular complexity index is 83.7. The van der Waals surface area contributed by atoms with Crippen LogP contribution in [0, 0.1) is 0 Å². The molecule has 1 rings (SSSR count). The first-order valence-electron chi connectivity index (χ1n) is 3.24. The molecule has 0 amide bonds. The normalized spacial score (nSPS) is 32.6. The van der Waals surface area contributed by atoms with Gasteiger partial charge in [-0.15, -0.1) is 0 Å². The highest BCUT2D eigenvalue weighted by Gasteiger charge is 2.35. The molecule has 0 saturated carbocycles. The van der Waals surface area contributed by atoms with Crippen LogP contribution in [-0.2, 0) is 0 Å². The lowest BCUT2D eigenvalue weighted by molar-refractivity contribution is 1.01. The Morgan fingerprint density at radius 3 is 2.38 bits per heavy atom. The second-order valence-electron chi connectivity index (χ2n) is 2.60. The van der Waals surface area contributed by atoms with Crippen LogP contribution in [0.15, 0.2) is 0 Å². The first kappa shape index (κ1) is 6.77. The number of hydrogen-bond acceptors (Lipinski definition) is 0. The van der Waals surface area contributed by atoms with Crippen molar-refractivity contribution in [2.24, 2.45) is 0 Å². The van der Waals surface area contributed by atoms with Crippen molar-refractivity contribution in [1.82, 2.24) is 0 Å². The van der Waals surface area contributed by atoms with Crippen molar-refractivity contribution in [3.63, 3.8) is 0 Å². The van der Waals surface area contributed by atoms with Crippen LogP contribution in [0.3, 0.4) is 0 Å². The van der Waals surface area contributed by atoms with Crippen LogP contribution < -0.4 is 0 Å². The molecule has 8 heavy (non-hydrogen) atoms. The lowest BCUT2D eigenvalue weighted by Gasteiger charge is -2.37. The molecule has 1 atom stereocenters. The minimum atomic E-state index is 0.279. The summed E-state index contributed by atoms with van der Waals surface area (Å²) in [6, 6.07) is 1.67. The predicted molar refractivity (Wildman–Crippen MR) is 44.6 cm³/mol. The molecule has 45 valence electrons. The highest BCUT2D eigenvalue weighted by molar-refractivity contribution is 7.48. The lowest BCUT2D eigenvalue weighted by atomic mass is 10.6. The quantitative estimate of drug-likeness (QED) is 0.500. The molecule has 1 heterocycles. The second kappa shape index (κ2) is 2.49. The molecular weight excluding hydrogens is 144 g/mol. The van der Waals surface area contributed by atoms with E-state index >= 15 is 0 Å². The van der Waals surface area contributed by atoms with Crippen LogP contribution in [0.25, 0.3) is 0 Å². The maximum Gasteiger partial charge on any atom is 0.0336 e. The van der Waals surface area contributed by atoms with E-state index in [-0.39, 0.29) is 8.31 Å². The molecule has 3 heteroatoms. The Kier molecular flexibility index (Phi) is 2.11. The highest BCUT2D eigenvalue weighted by atomic mass is 29.6. The molecule has 1 unspecified atom stereocenters. The van der Waals surface area contributed by atoms with Crippen LogP contribution in [-0.4, -0.2) is 25.2 Å². The molecule has 0 aromatic rings. The zero-order valence-electron chi connectivity index (χ0n) is 5.86. The fourth-order valence-electron chi connectivity index (χ4n) is 1.17. The molecule has 1 fully saturated rings. The SMILES string of the molecule is C[SiH][Si]1CC(C)[Si]1C. The topological polar surface area (TPSA) is 0 Å². The average molecular weight is 157 g/mol. The largest absolute Gasteiger partial charge is 0.0765 e.